The Morgan fingerprint density at radius 3 is 2.45 bits per heavy atom. The highest BCUT2D eigenvalue weighted by Gasteiger charge is 2.04. The van der Waals surface area contributed by atoms with Crippen LogP contribution in [0, 0.1) is 5.82 Å². The van der Waals surface area contributed by atoms with E-state index in [1.165, 1.54) is 12.1 Å². The number of carbonyl (C=O) groups is 2. The minimum Gasteiger partial charge on any atom is -0.355 e. The third-order valence-electron chi connectivity index (χ3n) is 2.63. The highest BCUT2D eigenvalue weighted by molar-refractivity contribution is 5.83. The molecule has 3 amide bonds. The van der Waals surface area contributed by atoms with Crippen molar-refractivity contribution in [3.63, 3.8) is 0 Å². The summed E-state index contributed by atoms with van der Waals surface area (Å²) in [5, 5.41) is 7.74. The monoisotopic (exact) mass is 281 g/mol. The number of hydrogen-bond acceptors (Lipinski definition) is 2. The second-order valence-electron chi connectivity index (χ2n) is 4.37. The van der Waals surface area contributed by atoms with Gasteiger partial charge in [0.2, 0.25) is 5.91 Å². The SMILES string of the molecule is CCCCNC(=O)CNC(=O)NCc1ccc(F)cc1. The summed E-state index contributed by atoms with van der Waals surface area (Å²) in [5.41, 5.74) is 0.786. The van der Waals surface area contributed by atoms with Gasteiger partial charge >= 0.3 is 6.03 Å². The Balaban J connectivity index is 2.17. The number of carbonyl (C=O) groups excluding carboxylic acids is 2. The van der Waals surface area contributed by atoms with Crippen LogP contribution in [-0.2, 0) is 11.3 Å². The molecule has 5 nitrogen and oxygen atoms in total. The Bertz CT molecular complexity index is 435. The smallest absolute Gasteiger partial charge is 0.315 e. The van der Waals surface area contributed by atoms with Gasteiger partial charge in [-0.1, -0.05) is 25.5 Å². The number of halogens is 1. The molecule has 20 heavy (non-hydrogen) atoms. The second-order valence-corrected chi connectivity index (χ2v) is 4.37. The molecule has 0 saturated carbocycles. The second kappa shape index (κ2) is 8.90. The van der Waals surface area contributed by atoms with Gasteiger partial charge < -0.3 is 16.0 Å². The van der Waals surface area contributed by atoms with Crippen LogP contribution >= 0.6 is 0 Å². The van der Waals surface area contributed by atoms with Crippen LogP contribution < -0.4 is 16.0 Å². The molecule has 110 valence electrons. The van der Waals surface area contributed by atoms with E-state index in [4.69, 9.17) is 0 Å². The number of amides is 3. The maximum atomic E-state index is 12.7. The highest BCUT2D eigenvalue weighted by atomic mass is 19.1. The van der Waals surface area contributed by atoms with E-state index in [0.29, 0.717) is 6.54 Å². The molecule has 0 aromatic heterocycles. The summed E-state index contributed by atoms with van der Waals surface area (Å²) >= 11 is 0. The normalized spacial score (nSPS) is 9.90. The summed E-state index contributed by atoms with van der Waals surface area (Å²) in [6.45, 7) is 2.88. The molecule has 0 aliphatic carbocycles. The van der Waals surface area contributed by atoms with Crippen molar-refractivity contribution in [3.05, 3.63) is 35.6 Å². The van der Waals surface area contributed by atoms with Crippen molar-refractivity contribution in [2.75, 3.05) is 13.1 Å². The molecule has 0 heterocycles. The molecule has 0 fully saturated rings. The van der Waals surface area contributed by atoms with E-state index in [0.717, 1.165) is 18.4 Å². The van der Waals surface area contributed by atoms with E-state index in [2.05, 4.69) is 16.0 Å². The fourth-order valence-electron chi connectivity index (χ4n) is 1.47. The van der Waals surface area contributed by atoms with E-state index in [1.54, 1.807) is 12.1 Å². The summed E-state index contributed by atoms with van der Waals surface area (Å²) in [7, 11) is 0. The zero-order valence-corrected chi connectivity index (χ0v) is 11.5. The van der Waals surface area contributed by atoms with Crippen molar-refractivity contribution in [2.24, 2.45) is 0 Å². The van der Waals surface area contributed by atoms with Crippen LogP contribution in [0.15, 0.2) is 24.3 Å². The molecular weight excluding hydrogens is 261 g/mol. The lowest BCUT2D eigenvalue weighted by Crippen LogP contribution is -2.41. The first-order chi connectivity index (χ1) is 9.61. The predicted molar refractivity (Wildman–Crippen MR) is 74.6 cm³/mol. The Morgan fingerprint density at radius 1 is 1.10 bits per heavy atom. The molecule has 0 aliphatic heterocycles. The number of benzene rings is 1. The van der Waals surface area contributed by atoms with Crippen LogP contribution in [-0.4, -0.2) is 25.0 Å². The van der Waals surface area contributed by atoms with E-state index in [9.17, 15) is 14.0 Å². The zero-order chi connectivity index (χ0) is 14.8. The van der Waals surface area contributed by atoms with Gasteiger partial charge in [0.25, 0.3) is 0 Å². The van der Waals surface area contributed by atoms with Gasteiger partial charge in [-0.3, -0.25) is 4.79 Å². The number of urea groups is 1. The minimum atomic E-state index is -0.431. The van der Waals surface area contributed by atoms with Crippen LogP contribution in [0.25, 0.3) is 0 Å². The lowest BCUT2D eigenvalue weighted by atomic mass is 10.2. The van der Waals surface area contributed by atoms with E-state index in [-0.39, 0.29) is 24.8 Å². The number of nitrogens with one attached hydrogen (secondary N) is 3. The van der Waals surface area contributed by atoms with Crippen LogP contribution in [0.3, 0.4) is 0 Å². The maximum absolute atomic E-state index is 12.7. The quantitative estimate of drug-likeness (QED) is 0.663. The van der Waals surface area contributed by atoms with Crippen molar-refractivity contribution in [1.82, 2.24) is 16.0 Å². The Hall–Kier alpha value is -2.11. The third kappa shape index (κ3) is 6.72. The molecule has 0 saturated heterocycles. The molecule has 1 rings (SSSR count). The third-order valence-corrected chi connectivity index (χ3v) is 2.63. The van der Waals surface area contributed by atoms with Gasteiger partial charge in [-0.2, -0.15) is 0 Å². The van der Waals surface area contributed by atoms with Crippen molar-refractivity contribution >= 4 is 11.9 Å². The van der Waals surface area contributed by atoms with Gasteiger partial charge in [0, 0.05) is 13.1 Å². The molecule has 3 N–H and O–H groups in total. The molecule has 0 unspecified atom stereocenters. The molecule has 0 spiro atoms. The average Bonchev–Trinajstić information content (AvgIpc) is 2.45. The largest absolute Gasteiger partial charge is 0.355 e. The van der Waals surface area contributed by atoms with Gasteiger partial charge in [-0.25, -0.2) is 9.18 Å². The van der Waals surface area contributed by atoms with Crippen molar-refractivity contribution in [1.29, 1.82) is 0 Å². The average molecular weight is 281 g/mol. The molecule has 0 radical (unpaired) electrons. The van der Waals surface area contributed by atoms with Gasteiger partial charge in [-0.15, -0.1) is 0 Å². The van der Waals surface area contributed by atoms with Gasteiger partial charge in [0.1, 0.15) is 5.82 Å². The van der Waals surface area contributed by atoms with E-state index in [1.807, 2.05) is 6.92 Å². The van der Waals surface area contributed by atoms with Crippen molar-refractivity contribution < 1.29 is 14.0 Å². The fourth-order valence-corrected chi connectivity index (χ4v) is 1.47. The minimum absolute atomic E-state index is 0.0566. The molecule has 1 aromatic rings. The lowest BCUT2D eigenvalue weighted by Gasteiger charge is -2.08. The van der Waals surface area contributed by atoms with E-state index < -0.39 is 6.03 Å². The standard InChI is InChI=1S/C14H20FN3O2/c1-2-3-8-16-13(19)10-18-14(20)17-9-11-4-6-12(15)7-5-11/h4-7H,2-3,8-10H2,1H3,(H,16,19)(H2,17,18,20). The predicted octanol–water partition coefficient (Wildman–Crippen LogP) is 1.54. The summed E-state index contributed by atoms with van der Waals surface area (Å²) in [4.78, 5) is 22.8. The molecule has 6 heteroatoms. The Kier molecular flexibility index (Phi) is 7.10. The molecule has 0 atom stereocenters. The molecule has 1 aromatic carbocycles. The molecular formula is C14H20FN3O2. The summed E-state index contributed by atoms with van der Waals surface area (Å²) in [6.07, 6.45) is 1.92. The number of unbranched alkanes of at least 4 members (excludes halogenated alkanes) is 1. The van der Waals surface area contributed by atoms with Crippen molar-refractivity contribution in [3.8, 4) is 0 Å². The van der Waals surface area contributed by atoms with E-state index >= 15 is 0 Å². The number of rotatable bonds is 7. The van der Waals surface area contributed by atoms with Crippen LogP contribution in [0.2, 0.25) is 0 Å². The van der Waals surface area contributed by atoms with Gasteiger partial charge in [0.05, 0.1) is 6.54 Å². The summed E-state index contributed by atoms with van der Waals surface area (Å²) in [5.74, 6) is -0.530. The molecule has 0 bridgehead atoms. The summed E-state index contributed by atoms with van der Waals surface area (Å²) < 4.78 is 12.7. The first-order valence-electron chi connectivity index (χ1n) is 6.64. The summed E-state index contributed by atoms with van der Waals surface area (Å²) in [6, 6.07) is 5.41. The van der Waals surface area contributed by atoms with Crippen LogP contribution in [0.1, 0.15) is 25.3 Å². The topological polar surface area (TPSA) is 70.2 Å². The fraction of sp³-hybridized carbons (Fsp3) is 0.429. The van der Waals surface area contributed by atoms with Crippen LogP contribution in [0.4, 0.5) is 9.18 Å². The van der Waals surface area contributed by atoms with Gasteiger partial charge in [0.15, 0.2) is 0 Å². The van der Waals surface area contributed by atoms with Crippen molar-refractivity contribution in [2.45, 2.75) is 26.3 Å². The van der Waals surface area contributed by atoms with Gasteiger partial charge in [-0.05, 0) is 24.1 Å². The first kappa shape index (κ1) is 15.9. The maximum Gasteiger partial charge on any atom is 0.315 e. The van der Waals surface area contributed by atoms with Crippen LogP contribution in [0.5, 0.6) is 0 Å². The first-order valence-corrected chi connectivity index (χ1v) is 6.64. The zero-order valence-electron chi connectivity index (χ0n) is 11.5. The Morgan fingerprint density at radius 2 is 1.80 bits per heavy atom. The highest BCUT2D eigenvalue weighted by Crippen LogP contribution is 2.01. The lowest BCUT2D eigenvalue weighted by molar-refractivity contribution is -0.120. The molecule has 0 aliphatic rings. The number of hydrogen-bond donors (Lipinski definition) is 3. The Labute approximate surface area is 117 Å².